The smallest absolute Gasteiger partial charge is 0.339 e. The van der Waals surface area contributed by atoms with Gasteiger partial charge in [0.2, 0.25) is 5.91 Å². The summed E-state index contributed by atoms with van der Waals surface area (Å²) in [5.74, 6) is 0.936. The predicted molar refractivity (Wildman–Crippen MR) is 144 cm³/mol. The van der Waals surface area contributed by atoms with E-state index in [1.165, 1.54) is 28.6 Å². The van der Waals surface area contributed by atoms with Gasteiger partial charge in [-0.25, -0.2) is 24.2 Å². The summed E-state index contributed by atoms with van der Waals surface area (Å²) in [7, 11) is 1.45. The maximum Gasteiger partial charge on any atom is 0.339 e. The Hall–Kier alpha value is -5.69. The molecule has 0 saturated heterocycles. The topological polar surface area (TPSA) is 121 Å². The zero-order valence-corrected chi connectivity index (χ0v) is 20.2. The van der Waals surface area contributed by atoms with Crippen molar-refractivity contribution in [3.8, 4) is 22.9 Å². The first-order valence-corrected chi connectivity index (χ1v) is 11.5. The number of anilines is 1. The summed E-state index contributed by atoms with van der Waals surface area (Å²) >= 11 is 0. The average molecular weight is 504 g/mol. The number of amides is 1. The summed E-state index contributed by atoms with van der Waals surface area (Å²) in [6.45, 7) is 7.30. The molecule has 0 aliphatic carbocycles. The van der Waals surface area contributed by atoms with Gasteiger partial charge in [0.15, 0.2) is 11.5 Å². The Balaban J connectivity index is 1.62. The van der Waals surface area contributed by atoms with Gasteiger partial charge in [0.25, 0.3) is 5.70 Å². The number of imidazole rings is 1. The first kappa shape index (κ1) is 24.0. The number of aromatic nitrogens is 4. The number of nitrogens with two attached hydrogens (primary N) is 1. The zero-order chi connectivity index (χ0) is 26.6. The van der Waals surface area contributed by atoms with Crippen LogP contribution >= 0.6 is 0 Å². The fourth-order valence-corrected chi connectivity index (χ4v) is 4.00. The van der Waals surface area contributed by atoms with Crippen molar-refractivity contribution in [2.45, 2.75) is 0 Å². The van der Waals surface area contributed by atoms with E-state index in [-0.39, 0.29) is 11.5 Å². The van der Waals surface area contributed by atoms with Gasteiger partial charge in [-0.05, 0) is 60.2 Å². The third-order valence-electron chi connectivity index (χ3n) is 5.74. The molecule has 0 unspecified atom stereocenters. The Morgan fingerprint density at radius 3 is 2.42 bits per heavy atom. The highest BCUT2D eigenvalue weighted by molar-refractivity contribution is 5.99. The Labute approximate surface area is 217 Å². The van der Waals surface area contributed by atoms with Crippen LogP contribution in [0.5, 0.6) is 11.5 Å². The number of nitrogens with zero attached hydrogens (tertiary/aromatic N) is 5. The van der Waals surface area contributed by atoms with E-state index in [0.29, 0.717) is 39.6 Å². The molecule has 1 amide bonds. The highest BCUT2D eigenvalue weighted by Gasteiger charge is 2.20. The molecule has 0 aliphatic heterocycles. The minimum atomic E-state index is -0.501. The van der Waals surface area contributed by atoms with Crippen molar-refractivity contribution >= 4 is 29.0 Å². The fourth-order valence-electron chi connectivity index (χ4n) is 4.00. The number of fused-ring (bicyclic) bond motifs is 1. The first-order valence-electron chi connectivity index (χ1n) is 11.5. The molecule has 186 valence electrons. The second-order valence-electron chi connectivity index (χ2n) is 8.11. The molecule has 0 radical (unpaired) electrons. The molecule has 5 aromatic rings. The molecule has 0 bridgehead atoms. The number of hydrogen-bond acceptors (Lipinski definition) is 6. The van der Waals surface area contributed by atoms with Gasteiger partial charge >= 0.3 is 5.69 Å². The van der Waals surface area contributed by atoms with Crippen LogP contribution in [0.25, 0.3) is 33.5 Å². The molecule has 0 spiro atoms. The number of nitrogen functional groups attached to an aromatic ring is 1. The summed E-state index contributed by atoms with van der Waals surface area (Å²) in [5, 5.41) is 2.44. The van der Waals surface area contributed by atoms with E-state index >= 15 is 0 Å². The van der Waals surface area contributed by atoms with Gasteiger partial charge in [-0.2, -0.15) is 0 Å². The number of carbonyl (C=O) groups excluding carboxylic acids is 1. The summed E-state index contributed by atoms with van der Waals surface area (Å²) in [5.41, 5.74) is 7.97. The van der Waals surface area contributed by atoms with Crippen LogP contribution in [-0.4, -0.2) is 32.1 Å². The van der Waals surface area contributed by atoms with Crippen molar-refractivity contribution in [2.75, 3.05) is 12.8 Å². The Morgan fingerprint density at radius 1 is 0.974 bits per heavy atom. The Morgan fingerprint density at radius 2 is 1.71 bits per heavy atom. The van der Waals surface area contributed by atoms with Crippen molar-refractivity contribution in [3.05, 3.63) is 118 Å². The quantitative estimate of drug-likeness (QED) is 0.267. The molecule has 2 aromatic heterocycles. The largest absolute Gasteiger partial charge is 0.457 e. The predicted octanol–water partition coefficient (Wildman–Crippen LogP) is 3.95. The molecule has 0 fully saturated rings. The first-order chi connectivity index (χ1) is 18.5. The molecule has 3 N–H and O–H groups in total. The number of carbonyl (C=O) groups is 1. The van der Waals surface area contributed by atoms with Gasteiger partial charge in [-0.3, -0.25) is 9.36 Å². The molecule has 0 saturated carbocycles. The number of benzene rings is 3. The highest BCUT2D eigenvalue weighted by atomic mass is 16.5. The number of nitrogens with one attached hydrogen (secondary N) is 1. The lowest BCUT2D eigenvalue weighted by molar-refractivity contribution is -0.116. The number of likely N-dealkylation sites (N-methyl/N-ethyl adjacent to an activating group) is 1. The van der Waals surface area contributed by atoms with Crippen LogP contribution in [0.3, 0.4) is 0 Å². The fraction of sp³-hybridized carbons (Fsp3) is 0.0357. The molecular weight excluding hydrogens is 482 g/mol. The lowest BCUT2D eigenvalue weighted by atomic mass is 10.1. The van der Waals surface area contributed by atoms with E-state index in [0.717, 1.165) is 0 Å². The Bertz CT molecular complexity index is 1780. The summed E-state index contributed by atoms with van der Waals surface area (Å²) < 4.78 is 8.72. The van der Waals surface area contributed by atoms with Crippen molar-refractivity contribution in [2.24, 2.45) is 0 Å². The normalized spacial score (nSPS) is 11.2. The molecule has 10 nitrogen and oxygen atoms in total. The third kappa shape index (κ3) is 4.47. The molecule has 38 heavy (non-hydrogen) atoms. The zero-order valence-electron chi connectivity index (χ0n) is 20.2. The third-order valence-corrected chi connectivity index (χ3v) is 5.74. The van der Waals surface area contributed by atoms with E-state index in [1.54, 1.807) is 48.5 Å². The monoisotopic (exact) mass is 503 g/mol. The van der Waals surface area contributed by atoms with E-state index in [2.05, 4.69) is 20.1 Å². The molecule has 0 aliphatic rings. The molecular formula is C28H21N7O3. The second-order valence-corrected chi connectivity index (χ2v) is 8.11. The van der Waals surface area contributed by atoms with Crippen molar-refractivity contribution in [1.29, 1.82) is 0 Å². The van der Waals surface area contributed by atoms with Crippen LogP contribution in [0.1, 0.15) is 5.56 Å². The second kappa shape index (κ2) is 10.1. The van der Waals surface area contributed by atoms with Gasteiger partial charge in [0.05, 0.1) is 17.9 Å². The van der Waals surface area contributed by atoms with Gasteiger partial charge < -0.3 is 15.8 Å². The molecule has 0 atom stereocenters. The van der Waals surface area contributed by atoms with E-state index in [1.807, 2.05) is 30.3 Å². The number of para-hydroxylation sites is 1. The lowest BCUT2D eigenvalue weighted by Gasteiger charge is -2.08. The summed E-state index contributed by atoms with van der Waals surface area (Å²) in [6.07, 6.45) is 2.75. The van der Waals surface area contributed by atoms with Crippen LogP contribution in [-0.2, 0) is 4.79 Å². The van der Waals surface area contributed by atoms with E-state index in [9.17, 15) is 9.59 Å². The minimum Gasteiger partial charge on any atom is -0.457 e. The summed E-state index contributed by atoms with van der Waals surface area (Å²) in [6, 6.07) is 23.3. The molecule has 2 heterocycles. The minimum absolute atomic E-state index is 0.0798. The van der Waals surface area contributed by atoms with Crippen LogP contribution < -0.4 is 21.5 Å². The molecule has 10 heteroatoms. The SMILES string of the molecule is [C-]#[N+]/C(=C\c1cccc(-n2c(=O)n(-c3ccc(Oc4ccccc4)cc3)c3c(N)ncnc32)c1)C(=O)NC. The highest BCUT2D eigenvalue weighted by Crippen LogP contribution is 2.26. The lowest BCUT2D eigenvalue weighted by Crippen LogP contribution is -2.22. The maximum absolute atomic E-state index is 13.8. The van der Waals surface area contributed by atoms with E-state index in [4.69, 9.17) is 17.0 Å². The molecule has 5 rings (SSSR count). The van der Waals surface area contributed by atoms with Gasteiger partial charge in [0, 0.05) is 7.05 Å². The van der Waals surface area contributed by atoms with E-state index < -0.39 is 11.6 Å². The maximum atomic E-state index is 13.8. The average Bonchev–Trinajstić information content (AvgIpc) is 3.25. The van der Waals surface area contributed by atoms with Crippen molar-refractivity contribution < 1.29 is 9.53 Å². The number of rotatable bonds is 6. The van der Waals surface area contributed by atoms with Gasteiger partial charge in [-0.1, -0.05) is 30.3 Å². The van der Waals surface area contributed by atoms with Crippen LogP contribution in [0.4, 0.5) is 5.82 Å². The van der Waals surface area contributed by atoms with Crippen molar-refractivity contribution in [3.63, 3.8) is 0 Å². The Kier molecular flexibility index (Phi) is 6.40. The number of hydrogen-bond donors (Lipinski definition) is 2. The van der Waals surface area contributed by atoms with Crippen LogP contribution in [0, 0.1) is 6.57 Å². The standard InChI is InChI=1S/C28H21N7O3/c1-30-23(27(36)31-2)16-18-7-6-8-20(15-18)35-26-24(25(29)32-17-33-26)34(28(35)37)19-11-13-22(14-12-19)38-21-9-4-3-5-10-21/h3-17H,2H3,(H,31,36)(H2,29,32,33)/b23-16-. The molecule has 3 aromatic carbocycles. The summed E-state index contributed by atoms with van der Waals surface area (Å²) in [4.78, 5) is 37.5. The number of ether oxygens (including phenoxy) is 1. The van der Waals surface area contributed by atoms with Crippen LogP contribution in [0.2, 0.25) is 0 Å². The van der Waals surface area contributed by atoms with Gasteiger partial charge in [0.1, 0.15) is 23.3 Å². The van der Waals surface area contributed by atoms with Gasteiger partial charge in [-0.15, -0.1) is 0 Å². The van der Waals surface area contributed by atoms with Crippen LogP contribution in [0.15, 0.2) is 95.7 Å². The van der Waals surface area contributed by atoms with Crippen molar-refractivity contribution in [1.82, 2.24) is 24.4 Å².